The first-order chi connectivity index (χ1) is 16.3. The number of carbonyl (C=O) groups excluding carboxylic acids is 1. The Kier molecular flexibility index (Phi) is 5.53. The summed E-state index contributed by atoms with van der Waals surface area (Å²) in [6, 6.07) is 0.964. The zero-order valence-electron chi connectivity index (χ0n) is 18.7. The maximum atomic E-state index is 13.5. The van der Waals surface area contributed by atoms with Crippen LogP contribution in [0.2, 0.25) is 0 Å². The first-order valence-electron chi connectivity index (χ1n) is 11.1. The summed E-state index contributed by atoms with van der Waals surface area (Å²) in [5.74, 6) is 0.309. The van der Waals surface area contributed by atoms with Gasteiger partial charge in [0.1, 0.15) is 23.8 Å². The van der Waals surface area contributed by atoms with Gasteiger partial charge in [0.05, 0.1) is 13.7 Å². The van der Waals surface area contributed by atoms with Gasteiger partial charge in [0.25, 0.3) is 0 Å². The van der Waals surface area contributed by atoms with E-state index in [0.29, 0.717) is 37.2 Å². The molecule has 1 atom stereocenters. The number of rotatable bonds is 6. The Morgan fingerprint density at radius 3 is 2.65 bits per heavy atom. The smallest absolute Gasteiger partial charge is 0.421 e. The number of aryl methyl sites for hydroxylation is 1. The van der Waals surface area contributed by atoms with Gasteiger partial charge in [-0.25, -0.2) is 15.0 Å². The summed E-state index contributed by atoms with van der Waals surface area (Å²) in [7, 11) is 1.14. The van der Waals surface area contributed by atoms with Gasteiger partial charge in [0.15, 0.2) is 11.2 Å². The number of imidazole rings is 1. The molecule has 0 aromatic carbocycles. The second-order valence-electron chi connectivity index (χ2n) is 8.40. The SMILES string of the molecule is CCn1c(-c2cnc(OC)c(C(F)(F)F)c2)nc2c(O[C@H]3CCN(C(=O)C4CC4)C3)ncnc21. The molecule has 5 rings (SSSR count). The average Bonchev–Trinajstić information content (AvgIpc) is 3.45. The highest BCUT2D eigenvalue weighted by molar-refractivity contribution is 5.82. The monoisotopic (exact) mass is 476 g/mol. The largest absolute Gasteiger partial charge is 0.481 e. The minimum Gasteiger partial charge on any atom is -0.481 e. The number of amides is 1. The van der Waals surface area contributed by atoms with Crippen molar-refractivity contribution in [3.8, 4) is 23.1 Å². The van der Waals surface area contributed by atoms with Gasteiger partial charge in [-0.1, -0.05) is 0 Å². The van der Waals surface area contributed by atoms with Crippen LogP contribution in [0, 0.1) is 5.92 Å². The maximum Gasteiger partial charge on any atom is 0.421 e. The van der Waals surface area contributed by atoms with E-state index >= 15 is 0 Å². The van der Waals surface area contributed by atoms with E-state index < -0.39 is 17.6 Å². The molecule has 2 fully saturated rings. The molecular weight excluding hydrogens is 453 g/mol. The highest BCUT2D eigenvalue weighted by atomic mass is 19.4. The van der Waals surface area contributed by atoms with Crippen LogP contribution in [0.4, 0.5) is 13.2 Å². The number of carbonyl (C=O) groups is 1. The summed E-state index contributed by atoms with van der Waals surface area (Å²) in [6.45, 7) is 3.34. The van der Waals surface area contributed by atoms with Crippen LogP contribution in [0.1, 0.15) is 31.7 Å². The molecule has 180 valence electrons. The molecule has 1 amide bonds. The zero-order chi connectivity index (χ0) is 24.0. The second kappa shape index (κ2) is 8.41. The molecule has 0 bridgehead atoms. The normalized spacial score (nSPS) is 18.5. The number of fused-ring (bicyclic) bond motifs is 1. The van der Waals surface area contributed by atoms with Crippen molar-refractivity contribution < 1.29 is 27.4 Å². The van der Waals surface area contributed by atoms with Gasteiger partial charge in [0.2, 0.25) is 17.7 Å². The summed E-state index contributed by atoms with van der Waals surface area (Å²) < 4.78 is 53.2. The van der Waals surface area contributed by atoms with E-state index in [1.165, 1.54) is 12.5 Å². The van der Waals surface area contributed by atoms with E-state index in [1.54, 1.807) is 4.57 Å². The lowest BCUT2D eigenvalue weighted by Gasteiger charge is -2.16. The van der Waals surface area contributed by atoms with Crippen molar-refractivity contribution in [2.75, 3.05) is 20.2 Å². The number of hydrogen-bond acceptors (Lipinski definition) is 7. The third-order valence-corrected chi connectivity index (χ3v) is 6.08. The molecule has 3 aromatic rings. The number of hydrogen-bond donors (Lipinski definition) is 0. The number of pyridine rings is 1. The number of methoxy groups -OCH3 is 1. The predicted molar refractivity (Wildman–Crippen MR) is 114 cm³/mol. The van der Waals surface area contributed by atoms with Crippen molar-refractivity contribution in [1.29, 1.82) is 0 Å². The van der Waals surface area contributed by atoms with Crippen molar-refractivity contribution in [3.63, 3.8) is 0 Å². The summed E-state index contributed by atoms with van der Waals surface area (Å²) in [4.78, 5) is 31.1. The van der Waals surface area contributed by atoms with Gasteiger partial charge in [-0.3, -0.25) is 4.79 Å². The molecule has 2 aliphatic rings. The second-order valence-corrected chi connectivity index (χ2v) is 8.40. The van der Waals surface area contributed by atoms with Crippen LogP contribution in [0.25, 0.3) is 22.6 Å². The Hall–Kier alpha value is -3.44. The van der Waals surface area contributed by atoms with Crippen molar-refractivity contribution in [2.45, 2.75) is 45.0 Å². The minimum absolute atomic E-state index is 0.145. The average molecular weight is 476 g/mol. The maximum absolute atomic E-state index is 13.5. The molecule has 0 radical (unpaired) electrons. The van der Waals surface area contributed by atoms with Crippen molar-refractivity contribution in [3.05, 3.63) is 24.2 Å². The summed E-state index contributed by atoms with van der Waals surface area (Å²) in [5.41, 5.74) is -0.0383. The predicted octanol–water partition coefficient (Wildman–Crippen LogP) is 3.33. The van der Waals surface area contributed by atoms with Gasteiger partial charge in [-0.2, -0.15) is 18.2 Å². The van der Waals surface area contributed by atoms with Crippen LogP contribution in [0.15, 0.2) is 18.6 Å². The molecular formula is C22H23F3N6O3. The van der Waals surface area contributed by atoms with Crippen LogP contribution in [0.5, 0.6) is 11.8 Å². The Morgan fingerprint density at radius 2 is 1.97 bits per heavy atom. The van der Waals surface area contributed by atoms with E-state index in [4.69, 9.17) is 9.47 Å². The molecule has 1 saturated heterocycles. The molecule has 0 N–H and O–H groups in total. The zero-order valence-corrected chi connectivity index (χ0v) is 18.7. The van der Waals surface area contributed by atoms with E-state index in [2.05, 4.69) is 19.9 Å². The Bertz CT molecular complexity index is 1240. The fourth-order valence-electron chi connectivity index (χ4n) is 4.23. The van der Waals surface area contributed by atoms with Gasteiger partial charge in [-0.05, 0) is 25.8 Å². The molecule has 12 heteroatoms. The van der Waals surface area contributed by atoms with Crippen molar-refractivity contribution in [1.82, 2.24) is 29.4 Å². The van der Waals surface area contributed by atoms with E-state index in [0.717, 1.165) is 26.0 Å². The Balaban J connectivity index is 1.48. The molecule has 3 aromatic heterocycles. The number of alkyl halides is 3. The van der Waals surface area contributed by atoms with Gasteiger partial charge in [0, 0.05) is 37.2 Å². The molecule has 1 aliphatic carbocycles. The van der Waals surface area contributed by atoms with Crippen LogP contribution in [-0.4, -0.2) is 61.6 Å². The lowest BCUT2D eigenvalue weighted by atomic mass is 10.2. The van der Waals surface area contributed by atoms with Gasteiger partial charge in [-0.15, -0.1) is 0 Å². The topological polar surface area (TPSA) is 95.3 Å². The lowest BCUT2D eigenvalue weighted by molar-refractivity contribution is -0.139. The van der Waals surface area contributed by atoms with Gasteiger partial charge >= 0.3 is 6.18 Å². The molecule has 4 heterocycles. The molecule has 34 heavy (non-hydrogen) atoms. The number of aromatic nitrogens is 5. The lowest BCUT2D eigenvalue weighted by Crippen LogP contribution is -2.32. The quantitative estimate of drug-likeness (QED) is 0.539. The van der Waals surface area contributed by atoms with Crippen LogP contribution in [0.3, 0.4) is 0 Å². The van der Waals surface area contributed by atoms with E-state index in [-0.39, 0.29) is 35.2 Å². The minimum atomic E-state index is -4.64. The first kappa shape index (κ1) is 22.4. The van der Waals surface area contributed by atoms with Gasteiger partial charge < -0.3 is 18.9 Å². The fraction of sp³-hybridized carbons (Fsp3) is 0.500. The number of likely N-dealkylation sites (tertiary alicyclic amines) is 1. The third kappa shape index (κ3) is 4.01. The molecule has 1 saturated carbocycles. The van der Waals surface area contributed by atoms with Crippen LogP contribution < -0.4 is 9.47 Å². The molecule has 0 unspecified atom stereocenters. The summed E-state index contributed by atoms with van der Waals surface area (Å²) in [5, 5.41) is 0. The standard InChI is InChI=1S/C22H23F3N6O3/c1-3-31-17(13-8-15(22(23,24)25)19(33-2)26-9-13)29-16-18(31)27-11-28-20(16)34-14-6-7-30(10-14)21(32)12-4-5-12/h8-9,11-12,14H,3-7,10H2,1-2H3/t14-/m0/s1. The van der Waals surface area contributed by atoms with Crippen LogP contribution >= 0.6 is 0 Å². The Morgan fingerprint density at radius 1 is 1.18 bits per heavy atom. The van der Waals surface area contributed by atoms with E-state index in [1.807, 2.05) is 11.8 Å². The van der Waals surface area contributed by atoms with Crippen LogP contribution in [-0.2, 0) is 17.5 Å². The van der Waals surface area contributed by atoms with E-state index in [9.17, 15) is 18.0 Å². The summed E-state index contributed by atoms with van der Waals surface area (Å²) in [6.07, 6.45) is 0.302. The van der Waals surface area contributed by atoms with Crippen molar-refractivity contribution >= 4 is 17.1 Å². The summed E-state index contributed by atoms with van der Waals surface area (Å²) >= 11 is 0. The third-order valence-electron chi connectivity index (χ3n) is 6.08. The highest BCUT2D eigenvalue weighted by Gasteiger charge is 2.38. The van der Waals surface area contributed by atoms with Crippen molar-refractivity contribution in [2.24, 2.45) is 5.92 Å². The molecule has 9 nitrogen and oxygen atoms in total. The first-order valence-corrected chi connectivity index (χ1v) is 11.1. The molecule has 1 aliphatic heterocycles. The fourth-order valence-corrected chi connectivity index (χ4v) is 4.23. The highest BCUT2D eigenvalue weighted by Crippen LogP contribution is 2.38. The Labute approximate surface area is 192 Å². The number of halogens is 3. The molecule has 0 spiro atoms. The number of ether oxygens (including phenoxy) is 2. The number of nitrogens with zero attached hydrogens (tertiary/aromatic N) is 6.